The first-order chi connectivity index (χ1) is 28.7. The normalized spacial score (nSPS) is 20.9. The number of fused-ring (bicyclic) bond motifs is 5. The molecule has 0 aliphatic heterocycles. The molecular weight excluding hydrogens is 703 g/mol. The molecule has 0 amide bonds. The highest BCUT2D eigenvalue weighted by Crippen LogP contribution is 2.60. The summed E-state index contributed by atoms with van der Waals surface area (Å²) < 4.78 is 6.98. The fraction of sp³-hybridized carbons (Fsp3) is 0.179. The van der Waals surface area contributed by atoms with Crippen LogP contribution in [0, 0.1) is 23.7 Å². The molecule has 4 aliphatic carbocycles. The van der Waals surface area contributed by atoms with Crippen LogP contribution in [0.2, 0.25) is 0 Å². The van der Waals surface area contributed by atoms with Gasteiger partial charge in [-0.3, -0.25) is 0 Å². The third-order valence-corrected chi connectivity index (χ3v) is 14.0. The largest absolute Gasteiger partial charge is 0.455 e. The van der Waals surface area contributed by atoms with Crippen molar-refractivity contribution >= 4 is 49.8 Å². The SMILES string of the molecule is c1ccc(-c2ccc(-c3ccc(-c4ccc(N(c5ccccc5)c5ccc(C6C7CC8CC(C7)CC6C8)cc5)cc4)c4c3oc3c5ccccc5ccc34)cc2)cc1. The number of nitrogens with zero attached hydrogens (tertiary/aromatic N) is 1. The summed E-state index contributed by atoms with van der Waals surface area (Å²) in [6, 6.07) is 66.6. The fourth-order valence-electron chi connectivity index (χ4n) is 11.7. The molecule has 280 valence electrons. The van der Waals surface area contributed by atoms with E-state index in [9.17, 15) is 0 Å². The summed E-state index contributed by atoms with van der Waals surface area (Å²) in [7, 11) is 0. The molecule has 1 heterocycles. The van der Waals surface area contributed by atoms with Gasteiger partial charge in [0.15, 0.2) is 0 Å². The van der Waals surface area contributed by atoms with E-state index in [-0.39, 0.29) is 0 Å². The van der Waals surface area contributed by atoms with Gasteiger partial charge in [-0.1, -0.05) is 133 Å². The first-order valence-electron chi connectivity index (χ1n) is 21.3. The lowest BCUT2D eigenvalue weighted by Gasteiger charge is -2.54. The van der Waals surface area contributed by atoms with Gasteiger partial charge in [0.2, 0.25) is 0 Å². The highest BCUT2D eigenvalue weighted by Gasteiger charge is 2.48. The summed E-state index contributed by atoms with van der Waals surface area (Å²) in [6.45, 7) is 0. The number of para-hydroxylation sites is 1. The number of anilines is 3. The zero-order valence-corrected chi connectivity index (χ0v) is 32.6. The number of hydrogen-bond donors (Lipinski definition) is 0. The molecule has 4 aliphatic rings. The smallest absolute Gasteiger partial charge is 0.143 e. The van der Waals surface area contributed by atoms with Gasteiger partial charge in [0.25, 0.3) is 0 Å². The Bertz CT molecular complexity index is 2900. The maximum atomic E-state index is 6.98. The van der Waals surface area contributed by atoms with Crippen molar-refractivity contribution in [2.45, 2.75) is 38.0 Å². The molecule has 0 atom stereocenters. The second kappa shape index (κ2) is 13.6. The summed E-state index contributed by atoms with van der Waals surface area (Å²) in [4.78, 5) is 2.40. The monoisotopic (exact) mass is 747 g/mol. The van der Waals surface area contributed by atoms with Gasteiger partial charge in [0.05, 0.1) is 0 Å². The molecule has 0 spiro atoms. The van der Waals surface area contributed by atoms with Crippen molar-refractivity contribution in [3.63, 3.8) is 0 Å². The standard InChI is InChI=1S/C56H45NO/c1-3-9-38(10-4-1)39-15-17-42(18-16-39)51-30-29-49(54-52-28-23-40-11-7-8-14-50(40)55(52)58-56(51)54)41-19-24-47(25-20-41)57(46-12-5-2-6-13-46)48-26-21-43(22-27-48)53-44-32-36-31-37(34-44)35-45(53)33-36/h1-30,36-37,44-45,53H,31-35H2. The van der Waals surface area contributed by atoms with Gasteiger partial charge >= 0.3 is 0 Å². The van der Waals surface area contributed by atoms with E-state index >= 15 is 0 Å². The van der Waals surface area contributed by atoms with Crippen LogP contribution in [0.15, 0.2) is 186 Å². The highest BCUT2D eigenvalue weighted by atomic mass is 16.3. The van der Waals surface area contributed by atoms with Crippen LogP contribution in [0.3, 0.4) is 0 Å². The molecule has 1 aromatic heterocycles. The van der Waals surface area contributed by atoms with Gasteiger partial charge in [-0.25, -0.2) is 0 Å². The fourth-order valence-corrected chi connectivity index (χ4v) is 11.7. The molecule has 0 saturated heterocycles. The summed E-state index contributed by atoms with van der Waals surface area (Å²) in [5, 5.41) is 4.61. The van der Waals surface area contributed by atoms with Gasteiger partial charge in [-0.2, -0.15) is 0 Å². The zero-order chi connectivity index (χ0) is 38.2. The number of furan rings is 1. The lowest BCUT2D eigenvalue weighted by Crippen LogP contribution is -2.43. The molecule has 2 heteroatoms. The Kier molecular flexibility index (Phi) is 7.93. The first kappa shape index (κ1) is 33.7. The van der Waals surface area contributed by atoms with Crippen LogP contribution in [0.4, 0.5) is 17.1 Å². The predicted molar refractivity (Wildman–Crippen MR) is 242 cm³/mol. The minimum Gasteiger partial charge on any atom is -0.455 e. The van der Waals surface area contributed by atoms with Crippen molar-refractivity contribution < 1.29 is 4.42 Å². The number of rotatable bonds is 7. The molecule has 4 fully saturated rings. The van der Waals surface area contributed by atoms with Gasteiger partial charge < -0.3 is 9.32 Å². The highest BCUT2D eigenvalue weighted by molar-refractivity contribution is 6.21. The quantitative estimate of drug-likeness (QED) is 0.161. The van der Waals surface area contributed by atoms with E-state index in [1.807, 2.05) is 0 Å². The number of hydrogen-bond acceptors (Lipinski definition) is 2. The number of benzene rings is 8. The molecular formula is C56H45NO. The lowest BCUT2D eigenvalue weighted by atomic mass is 9.51. The van der Waals surface area contributed by atoms with Gasteiger partial charge in [-0.05, 0) is 149 Å². The Balaban J connectivity index is 0.938. The van der Waals surface area contributed by atoms with Crippen molar-refractivity contribution in [2.75, 3.05) is 4.90 Å². The first-order valence-corrected chi connectivity index (χ1v) is 21.3. The van der Waals surface area contributed by atoms with E-state index in [1.165, 1.54) is 65.4 Å². The van der Waals surface area contributed by atoms with Crippen LogP contribution in [0.5, 0.6) is 0 Å². The Morgan fingerprint density at radius 1 is 0.379 bits per heavy atom. The topological polar surface area (TPSA) is 16.4 Å². The molecule has 8 aromatic carbocycles. The summed E-state index contributed by atoms with van der Waals surface area (Å²) in [6.07, 6.45) is 7.29. The Hall–Kier alpha value is -6.38. The molecule has 0 unspecified atom stereocenters. The molecule has 4 saturated carbocycles. The molecule has 4 bridgehead atoms. The maximum absolute atomic E-state index is 6.98. The van der Waals surface area contributed by atoms with Crippen LogP contribution in [0.1, 0.15) is 43.6 Å². The zero-order valence-electron chi connectivity index (χ0n) is 32.6. The molecule has 0 radical (unpaired) electrons. The van der Waals surface area contributed by atoms with Crippen molar-refractivity contribution in [3.05, 3.63) is 188 Å². The minimum atomic E-state index is 0.736. The molecule has 58 heavy (non-hydrogen) atoms. The van der Waals surface area contributed by atoms with Crippen LogP contribution < -0.4 is 4.90 Å². The van der Waals surface area contributed by atoms with Crippen molar-refractivity contribution in [1.29, 1.82) is 0 Å². The third kappa shape index (κ3) is 5.61. The summed E-state index contributed by atoms with van der Waals surface area (Å²) in [5.41, 5.74) is 13.9. The lowest BCUT2D eigenvalue weighted by molar-refractivity contribution is -0.00277. The summed E-state index contributed by atoms with van der Waals surface area (Å²) >= 11 is 0. The predicted octanol–water partition coefficient (Wildman–Crippen LogP) is 15.7. The second-order valence-electron chi connectivity index (χ2n) is 17.3. The maximum Gasteiger partial charge on any atom is 0.143 e. The van der Waals surface area contributed by atoms with Crippen molar-refractivity contribution in [3.8, 4) is 33.4 Å². The van der Waals surface area contributed by atoms with Crippen LogP contribution in [-0.2, 0) is 0 Å². The van der Waals surface area contributed by atoms with Gasteiger partial charge in [0, 0.05) is 38.8 Å². The van der Waals surface area contributed by atoms with Crippen molar-refractivity contribution in [2.24, 2.45) is 23.7 Å². The van der Waals surface area contributed by atoms with E-state index in [0.29, 0.717) is 0 Å². The molecule has 13 rings (SSSR count). The average molecular weight is 748 g/mol. The van der Waals surface area contributed by atoms with Crippen LogP contribution >= 0.6 is 0 Å². The Morgan fingerprint density at radius 2 is 0.914 bits per heavy atom. The Labute approximate surface area is 340 Å². The summed E-state index contributed by atoms with van der Waals surface area (Å²) in [5.74, 6) is 4.49. The van der Waals surface area contributed by atoms with E-state index in [1.54, 1.807) is 5.56 Å². The van der Waals surface area contributed by atoms with E-state index in [0.717, 1.165) is 79.4 Å². The van der Waals surface area contributed by atoms with Gasteiger partial charge in [0.1, 0.15) is 11.2 Å². The second-order valence-corrected chi connectivity index (χ2v) is 17.3. The van der Waals surface area contributed by atoms with E-state index < -0.39 is 0 Å². The van der Waals surface area contributed by atoms with E-state index in [4.69, 9.17) is 4.42 Å². The molecule has 2 nitrogen and oxygen atoms in total. The minimum absolute atomic E-state index is 0.736. The molecule has 9 aromatic rings. The third-order valence-electron chi connectivity index (χ3n) is 14.0. The van der Waals surface area contributed by atoms with Crippen molar-refractivity contribution in [1.82, 2.24) is 0 Å². The average Bonchev–Trinajstić information content (AvgIpc) is 3.68. The van der Waals surface area contributed by atoms with Gasteiger partial charge in [-0.15, -0.1) is 0 Å². The molecule has 0 N–H and O–H groups in total. The Morgan fingerprint density at radius 3 is 1.62 bits per heavy atom. The van der Waals surface area contributed by atoms with Crippen LogP contribution in [0.25, 0.3) is 66.1 Å². The van der Waals surface area contributed by atoms with Crippen LogP contribution in [-0.4, -0.2) is 0 Å². The van der Waals surface area contributed by atoms with E-state index in [2.05, 4.69) is 187 Å².